The van der Waals surface area contributed by atoms with Crippen LogP contribution in [0.1, 0.15) is 11.3 Å². The predicted molar refractivity (Wildman–Crippen MR) is 78.9 cm³/mol. The molecule has 0 aliphatic heterocycles. The molecular formula is C15H21N3O4. The molecule has 0 fully saturated rings. The molecule has 0 atom stereocenters. The van der Waals surface area contributed by atoms with Gasteiger partial charge in [0.05, 0.1) is 51.2 Å². The molecule has 0 saturated heterocycles. The van der Waals surface area contributed by atoms with Gasteiger partial charge in [0.15, 0.2) is 0 Å². The molecule has 0 amide bonds. The van der Waals surface area contributed by atoms with Gasteiger partial charge in [-0.25, -0.2) is 4.68 Å². The molecule has 0 unspecified atom stereocenters. The number of hydrogen-bond donors (Lipinski definition) is 3. The van der Waals surface area contributed by atoms with E-state index in [2.05, 4.69) is 10.3 Å². The molecule has 7 heteroatoms. The number of aliphatic hydroxyl groups excluding tert-OH is 3. The quantitative estimate of drug-likeness (QED) is 0.593. The number of nitrogens with zero attached hydrogens (tertiary/aromatic N) is 3. The molecule has 0 bridgehead atoms. The summed E-state index contributed by atoms with van der Waals surface area (Å²) in [6.07, 6.45) is 1.78. The number of rotatable bonds is 9. The lowest BCUT2D eigenvalue weighted by Crippen LogP contribution is -2.38. The minimum absolute atomic E-state index is 0.0437. The summed E-state index contributed by atoms with van der Waals surface area (Å²) in [4.78, 5) is 0. The molecule has 0 aliphatic carbocycles. The molecule has 1 aromatic heterocycles. The Morgan fingerprint density at radius 1 is 1.05 bits per heavy atom. The fourth-order valence-electron chi connectivity index (χ4n) is 1.91. The largest absolute Gasteiger partial charge is 0.396 e. The van der Waals surface area contributed by atoms with Gasteiger partial charge in [0.1, 0.15) is 5.69 Å². The molecule has 0 saturated carbocycles. The van der Waals surface area contributed by atoms with Crippen molar-refractivity contribution in [3.63, 3.8) is 0 Å². The van der Waals surface area contributed by atoms with Crippen LogP contribution in [0.5, 0.6) is 0 Å². The Labute approximate surface area is 128 Å². The van der Waals surface area contributed by atoms with Gasteiger partial charge in [-0.2, -0.15) is 0 Å². The zero-order valence-electron chi connectivity index (χ0n) is 12.3. The summed E-state index contributed by atoms with van der Waals surface area (Å²) in [5, 5.41) is 35.7. The lowest BCUT2D eigenvalue weighted by Gasteiger charge is -2.26. The average Bonchev–Trinajstić information content (AvgIpc) is 3.00. The molecule has 7 nitrogen and oxygen atoms in total. The third-order valence-electron chi connectivity index (χ3n) is 3.44. The van der Waals surface area contributed by atoms with E-state index in [0.717, 1.165) is 5.56 Å². The third kappa shape index (κ3) is 4.35. The molecule has 0 radical (unpaired) electrons. The summed E-state index contributed by atoms with van der Waals surface area (Å²) < 4.78 is 7.14. The minimum atomic E-state index is -1.03. The Balaban J connectivity index is 1.85. The zero-order valence-corrected chi connectivity index (χ0v) is 12.3. The Hall–Kier alpha value is -1.80. The first-order chi connectivity index (χ1) is 10.7. The number of hydrogen-bond acceptors (Lipinski definition) is 6. The number of aromatic nitrogens is 3. The van der Waals surface area contributed by atoms with Gasteiger partial charge in [0.2, 0.25) is 0 Å². The van der Waals surface area contributed by atoms with Crippen LogP contribution in [0.3, 0.4) is 0 Å². The molecule has 0 aliphatic rings. The van der Waals surface area contributed by atoms with Crippen LogP contribution in [0.25, 0.3) is 0 Å². The van der Waals surface area contributed by atoms with E-state index in [1.54, 1.807) is 10.9 Å². The first-order valence-electron chi connectivity index (χ1n) is 7.04. The van der Waals surface area contributed by atoms with Crippen molar-refractivity contribution in [1.29, 1.82) is 0 Å². The molecule has 2 aromatic rings. The fourth-order valence-corrected chi connectivity index (χ4v) is 1.91. The highest BCUT2D eigenvalue weighted by Crippen LogP contribution is 2.15. The van der Waals surface area contributed by atoms with Crippen LogP contribution in [0.15, 0.2) is 36.5 Å². The van der Waals surface area contributed by atoms with Crippen LogP contribution < -0.4 is 0 Å². The summed E-state index contributed by atoms with van der Waals surface area (Å²) in [6, 6.07) is 9.91. The van der Waals surface area contributed by atoms with Gasteiger partial charge in [-0.1, -0.05) is 35.5 Å². The second kappa shape index (κ2) is 8.00. The summed E-state index contributed by atoms with van der Waals surface area (Å²) in [7, 11) is 0. The molecule has 1 heterocycles. The topological polar surface area (TPSA) is 101 Å². The summed E-state index contributed by atoms with van der Waals surface area (Å²) in [5.41, 5.74) is 0.749. The van der Waals surface area contributed by atoms with Crippen LogP contribution in [0.2, 0.25) is 0 Å². The smallest absolute Gasteiger partial charge is 0.108 e. The number of aliphatic hydroxyl groups is 3. The van der Waals surface area contributed by atoms with E-state index in [4.69, 9.17) is 4.74 Å². The standard InChI is InChI=1S/C15H21N3O4/c19-9-15(10-20,11-21)12-22-8-14-7-18(17-16-14)6-13-4-2-1-3-5-13/h1-5,7,19-21H,6,8-12H2. The summed E-state index contributed by atoms with van der Waals surface area (Å²) in [5.74, 6) is 0. The Kier molecular flexibility index (Phi) is 6.02. The molecule has 3 N–H and O–H groups in total. The molecule has 22 heavy (non-hydrogen) atoms. The molecule has 0 spiro atoms. The second-order valence-electron chi connectivity index (χ2n) is 5.36. The van der Waals surface area contributed by atoms with E-state index in [0.29, 0.717) is 12.2 Å². The van der Waals surface area contributed by atoms with Crippen molar-refractivity contribution in [3.05, 3.63) is 47.8 Å². The Morgan fingerprint density at radius 2 is 1.73 bits per heavy atom. The SMILES string of the molecule is OCC(CO)(CO)COCc1cn(Cc2ccccc2)nn1. The van der Waals surface area contributed by atoms with Crippen molar-refractivity contribution in [3.8, 4) is 0 Å². The first kappa shape index (κ1) is 16.6. The van der Waals surface area contributed by atoms with Crippen molar-refractivity contribution in [2.45, 2.75) is 13.2 Å². The maximum absolute atomic E-state index is 9.21. The van der Waals surface area contributed by atoms with Gasteiger partial charge in [0, 0.05) is 0 Å². The predicted octanol–water partition coefficient (Wildman–Crippen LogP) is -0.194. The second-order valence-corrected chi connectivity index (χ2v) is 5.36. The molecule has 2 rings (SSSR count). The van der Waals surface area contributed by atoms with E-state index >= 15 is 0 Å². The van der Waals surface area contributed by atoms with E-state index < -0.39 is 5.41 Å². The molecular weight excluding hydrogens is 286 g/mol. The van der Waals surface area contributed by atoms with E-state index in [1.165, 1.54) is 0 Å². The third-order valence-corrected chi connectivity index (χ3v) is 3.44. The van der Waals surface area contributed by atoms with Crippen LogP contribution in [0.4, 0.5) is 0 Å². The zero-order chi connectivity index (χ0) is 15.8. The van der Waals surface area contributed by atoms with Crippen molar-refractivity contribution in [2.75, 3.05) is 26.4 Å². The van der Waals surface area contributed by atoms with E-state index in [-0.39, 0.29) is 33.0 Å². The van der Waals surface area contributed by atoms with Gasteiger partial charge in [-0.3, -0.25) is 0 Å². The molecule has 120 valence electrons. The highest BCUT2D eigenvalue weighted by atomic mass is 16.5. The highest BCUT2D eigenvalue weighted by Gasteiger charge is 2.28. The lowest BCUT2D eigenvalue weighted by molar-refractivity contribution is -0.0626. The van der Waals surface area contributed by atoms with E-state index in [9.17, 15) is 15.3 Å². The van der Waals surface area contributed by atoms with Crippen molar-refractivity contribution < 1.29 is 20.1 Å². The van der Waals surface area contributed by atoms with Gasteiger partial charge in [-0.05, 0) is 5.56 Å². The van der Waals surface area contributed by atoms with Crippen molar-refractivity contribution >= 4 is 0 Å². The van der Waals surface area contributed by atoms with Crippen LogP contribution >= 0.6 is 0 Å². The summed E-state index contributed by atoms with van der Waals surface area (Å²) in [6.45, 7) is -0.164. The average molecular weight is 307 g/mol. The fraction of sp³-hybridized carbons (Fsp3) is 0.467. The van der Waals surface area contributed by atoms with E-state index in [1.807, 2.05) is 30.3 Å². The highest BCUT2D eigenvalue weighted by molar-refractivity contribution is 5.14. The van der Waals surface area contributed by atoms with Gasteiger partial charge < -0.3 is 20.1 Å². The van der Waals surface area contributed by atoms with Crippen LogP contribution in [-0.4, -0.2) is 56.7 Å². The monoisotopic (exact) mass is 307 g/mol. The molecule has 1 aromatic carbocycles. The number of benzene rings is 1. The normalized spacial score (nSPS) is 11.8. The minimum Gasteiger partial charge on any atom is -0.396 e. The van der Waals surface area contributed by atoms with Crippen molar-refractivity contribution in [1.82, 2.24) is 15.0 Å². The lowest BCUT2D eigenvalue weighted by atomic mass is 9.93. The maximum atomic E-state index is 9.21. The Morgan fingerprint density at radius 3 is 2.36 bits per heavy atom. The summed E-state index contributed by atoms with van der Waals surface area (Å²) >= 11 is 0. The van der Waals surface area contributed by atoms with Gasteiger partial charge in [0.25, 0.3) is 0 Å². The first-order valence-corrected chi connectivity index (χ1v) is 7.04. The number of ether oxygens (including phenoxy) is 1. The van der Waals surface area contributed by atoms with Crippen LogP contribution in [0, 0.1) is 5.41 Å². The van der Waals surface area contributed by atoms with Gasteiger partial charge >= 0.3 is 0 Å². The Bertz CT molecular complexity index is 547. The van der Waals surface area contributed by atoms with Crippen molar-refractivity contribution in [2.24, 2.45) is 5.41 Å². The van der Waals surface area contributed by atoms with Crippen LogP contribution in [-0.2, 0) is 17.9 Å². The maximum Gasteiger partial charge on any atom is 0.108 e. The van der Waals surface area contributed by atoms with Gasteiger partial charge in [-0.15, -0.1) is 5.10 Å².